The summed E-state index contributed by atoms with van der Waals surface area (Å²) < 4.78 is 0. The average molecular weight is 242 g/mol. The van der Waals surface area contributed by atoms with E-state index in [1.165, 1.54) is 0 Å². The maximum absolute atomic E-state index is 11.8. The largest absolute Gasteiger partial charge is 0.481 e. The fraction of sp³-hybridized carbons (Fsp3) is 0.833. The van der Waals surface area contributed by atoms with E-state index in [1.54, 1.807) is 4.90 Å². The number of hydrogen-bond donors (Lipinski definition) is 2. The molecule has 0 aromatic heterocycles. The van der Waals surface area contributed by atoms with Crippen LogP contribution in [0.2, 0.25) is 0 Å². The SMILES string of the molecule is CC(C)(C)NC(=O)N1CCC(CC(=O)O)CC1. The molecule has 0 atom stereocenters. The molecule has 5 heteroatoms. The van der Waals surface area contributed by atoms with E-state index in [0.29, 0.717) is 13.1 Å². The predicted molar refractivity (Wildman–Crippen MR) is 64.8 cm³/mol. The van der Waals surface area contributed by atoms with Gasteiger partial charge >= 0.3 is 12.0 Å². The van der Waals surface area contributed by atoms with Crippen molar-refractivity contribution in [3.05, 3.63) is 0 Å². The van der Waals surface area contributed by atoms with Gasteiger partial charge in [-0.3, -0.25) is 4.79 Å². The lowest BCUT2D eigenvalue weighted by atomic mass is 9.94. The first-order valence-electron chi connectivity index (χ1n) is 6.07. The van der Waals surface area contributed by atoms with Crippen LogP contribution in [0, 0.1) is 5.92 Å². The highest BCUT2D eigenvalue weighted by molar-refractivity contribution is 5.75. The van der Waals surface area contributed by atoms with Crippen molar-refractivity contribution < 1.29 is 14.7 Å². The first-order chi connectivity index (χ1) is 7.78. The van der Waals surface area contributed by atoms with Gasteiger partial charge in [0.25, 0.3) is 0 Å². The number of nitrogens with zero attached hydrogens (tertiary/aromatic N) is 1. The quantitative estimate of drug-likeness (QED) is 0.774. The van der Waals surface area contributed by atoms with E-state index >= 15 is 0 Å². The number of likely N-dealkylation sites (tertiary alicyclic amines) is 1. The van der Waals surface area contributed by atoms with Gasteiger partial charge in [0.15, 0.2) is 0 Å². The van der Waals surface area contributed by atoms with Crippen LogP contribution in [0.15, 0.2) is 0 Å². The van der Waals surface area contributed by atoms with Crippen molar-refractivity contribution in [2.24, 2.45) is 5.92 Å². The zero-order valence-electron chi connectivity index (χ0n) is 10.8. The van der Waals surface area contributed by atoms with Crippen molar-refractivity contribution >= 4 is 12.0 Å². The number of amides is 2. The average Bonchev–Trinajstić information content (AvgIpc) is 2.15. The molecule has 1 aliphatic rings. The van der Waals surface area contributed by atoms with E-state index < -0.39 is 5.97 Å². The molecule has 5 nitrogen and oxygen atoms in total. The fourth-order valence-corrected chi connectivity index (χ4v) is 1.99. The number of aliphatic carboxylic acids is 1. The molecule has 1 heterocycles. The summed E-state index contributed by atoms with van der Waals surface area (Å²) in [5, 5.41) is 11.6. The van der Waals surface area contributed by atoms with Gasteiger partial charge in [-0.15, -0.1) is 0 Å². The number of rotatable bonds is 2. The molecule has 0 aliphatic carbocycles. The number of urea groups is 1. The Morgan fingerprint density at radius 3 is 2.24 bits per heavy atom. The second-order valence-electron chi connectivity index (χ2n) is 5.71. The van der Waals surface area contributed by atoms with E-state index in [9.17, 15) is 9.59 Å². The van der Waals surface area contributed by atoms with E-state index in [1.807, 2.05) is 20.8 Å². The molecular weight excluding hydrogens is 220 g/mol. The highest BCUT2D eigenvalue weighted by Gasteiger charge is 2.26. The highest BCUT2D eigenvalue weighted by Crippen LogP contribution is 2.20. The number of carbonyl (C=O) groups is 2. The van der Waals surface area contributed by atoms with Crippen LogP contribution in [0.25, 0.3) is 0 Å². The van der Waals surface area contributed by atoms with Gasteiger partial charge in [-0.05, 0) is 39.5 Å². The van der Waals surface area contributed by atoms with Crippen molar-refractivity contribution in [2.75, 3.05) is 13.1 Å². The van der Waals surface area contributed by atoms with E-state index in [4.69, 9.17) is 5.11 Å². The minimum absolute atomic E-state index is 0.0497. The molecule has 0 spiro atoms. The molecule has 0 bridgehead atoms. The molecule has 1 rings (SSSR count). The number of piperidine rings is 1. The standard InChI is InChI=1S/C12H22N2O3/c1-12(2,3)13-11(17)14-6-4-9(5-7-14)8-10(15)16/h9H,4-8H2,1-3H3,(H,13,17)(H,15,16). The molecule has 1 aliphatic heterocycles. The molecule has 17 heavy (non-hydrogen) atoms. The van der Waals surface area contributed by atoms with Crippen molar-refractivity contribution in [3.8, 4) is 0 Å². The summed E-state index contributed by atoms with van der Waals surface area (Å²) in [6.45, 7) is 7.14. The zero-order chi connectivity index (χ0) is 13.1. The Balaban J connectivity index is 2.36. The second kappa shape index (κ2) is 5.38. The predicted octanol–water partition coefficient (Wildman–Crippen LogP) is 1.68. The molecular formula is C12H22N2O3. The van der Waals surface area contributed by atoms with Crippen molar-refractivity contribution in [3.63, 3.8) is 0 Å². The summed E-state index contributed by atoms with van der Waals surface area (Å²) in [5.74, 6) is -0.534. The maximum atomic E-state index is 11.8. The maximum Gasteiger partial charge on any atom is 0.317 e. The van der Waals surface area contributed by atoms with Gasteiger partial charge in [0.2, 0.25) is 0 Å². The van der Waals surface area contributed by atoms with Gasteiger partial charge in [-0.25, -0.2) is 4.79 Å². The summed E-state index contributed by atoms with van der Waals surface area (Å²) in [5.41, 5.74) is -0.227. The summed E-state index contributed by atoms with van der Waals surface area (Å²) in [4.78, 5) is 24.2. The lowest BCUT2D eigenvalue weighted by Crippen LogP contribution is -2.50. The van der Waals surface area contributed by atoms with Crippen molar-refractivity contribution in [2.45, 2.75) is 45.6 Å². The summed E-state index contributed by atoms with van der Waals surface area (Å²) in [7, 11) is 0. The molecule has 2 N–H and O–H groups in total. The molecule has 1 saturated heterocycles. The van der Waals surface area contributed by atoms with Gasteiger partial charge in [0, 0.05) is 25.0 Å². The molecule has 2 amide bonds. The van der Waals surface area contributed by atoms with Crippen LogP contribution in [0.3, 0.4) is 0 Å². The van der Waals surface area contributed by atoms with Gasteiger partial charge in [-0.1, -0.05) is 0 Å². The van der Waals surface area contributed by atoms with Crippen LogP contribution in [-0.4, -0.2) is 40.6 Å². The normalized spacial score (nSPS) is 17.9. The number of carboxylic acid groups (broad SMARTS) is 1. The van der Waals surface area contributed by atoms with E-state index in [2.05, 4.69) is 5.32 Å². The Labute approximate surface area is 102 Å². The Bertz CT molecular complexity index is 289. The Hall–Kier alpha value is -1.26. The molecule has 0 unspecified atom stereocenters. The lowest BCUT2D eigenvalue weighted by Gasteiger charge is -2.33. The third-order valence-electron chi connectivity index (χ3n) is 2.85. The van der Waals surface area contributed by atoms with Gasteiger partial charge < -0.3 is 15.3 Å². The third kappa shape index (κ3) is 5.06. The fourth-order valence-electron chi connectivity index (χ4n) is 1.99. The second-order valence-corrected chi connectivity index (χ2v) is 5.71. The van der Waals surface area contributed by atoms with E-state index in [0.717, 1.165) is 12.8 Å². The molecule has 0 radical (unpaired) electrons. The number of nitrogens with one attached hydrogen (secondary N) is 1. The minimum Gasteiger partial charge on any atom is -0.481 e. The van der Waals surface area contributed by atoms with Crippen LogP contribution in [0.4, 0.5) is 4.79 Å². The third-order valence-corrected chi connectivity index (χ3v) is 2.85. The van der Waals surface area contributed by atoms with Crippen LogP contribution in [0.1, 0.15) is 40.0 Å². The van der Waals surface area contributed by atoms with Gasteiger partial charge in [0.05, 0.1) is 0 Å². The number of carbonyl (C=O) groups excluding carboxylic acids is 1. The Kier molecular flexibility index (Phi) is 4.37. The Morgan fingerprint density at radius 2 is 1.82 bits per heavy atom. The molecule has 0 aromatic rings. The monoisotopic (exact) mass is 242 g/mol. The molecule has 0 saturated carbocycles. The van der Waals surface area contributed by atoms with Crippen LogP contribution < -0.4 is 5.32 Å². The summed E-state index contributed by atoms with van der Waals surface area (Å²) in [6.07, 6.45) is 1.78. The minimum atomic E-state index is -0.748. The van der Waals surface area contributed by atoms with E-state index in [-0.39, 0.29) is 23.9 Å². The summed E-state index contributed by atoms with van der Waals surface area (Å²) >= 11 is 0. The molecule has 0 aromatic carbocycles. The van der Waals surface area contributed by atoms with Crippen LogP contribution in [0.5, 0.6) is 0 Å². The van der Waals surface area contributed by atoms with Crippen LogP contribution >= 0.6 is 0 Å². The van der Waals surface area contributed by atoms with Gasteiger partial charge in [-0.2, -0.15) is 0 Å². The topological polar surface area (TPSA) is 69.6 Å². The number of hydrogen-bond acceptors (Lipinski definition) is 2. The van der Waals surface area contributed by atoms with Gasteiger partial charge in [0.1, 0.15) is 0 Å². The first kappa shape index (κ1) is 13.8. The zero-order valence-corrected chi connectivity index (χ0v) is 10.8. The molecule has 98 valence electrons. The van der Waals surface area contributed by atoms with Crippen molar-refractivity contribution in [1.82, 2.24) is 10.2 Å². The van der Waals surface area contributed by atoms with Crippen molar-refractivity contribution in [1.29, 1.82) is 0 Å². The Morgan fingerprint density at radius 1 is 1.29 bits per heavy atom. The summed E-state index contributed by atoms with van der Waals surface area (Å²) in [6, 6.07) is -0.0497. The smallest absolute Gasteiger partial charge is 0.317 e. The van der Waals surface area contributed by atoms with Crippen LogP contribution in [-0.2, 0) is 4.79 Å². The number of carboxylic acids is 1. The molecule has 1 fully saturated rings. The highest BCUT2D eigenvalue weighted by atomic mass is 16.4. The lowest BCUT2D eigenvalue weighted by molar-refractivity contribution is -0.138. The first-order valence-corrected chi connectivity index (χ1v) is 6.07.